The van der Waals surface area contributed by atoms with E-state index in [-0.39, 0.29) is 30.4 Å². The molecule has 0 aliphatic carbocycles. The number of rotatable bonds is 3. The van der Waals surface area contributed by atoms with Crippen molar-refractivity contribution in [1.82, 2.24) is 9.80 Å². The average molecular weight is 284 g/mol. The maximum Gasteiger partial charge on any atom is 0.320 e. The molecule has 2 amide bonds. The van der Waals surface area contributed by atoms with Crippen molar-refractivity contribution in [1.29, 1.82) is 0 Å². The van der Waals surface area contributed by atoms with Crippen LogP contribution in [0.3, 0.4) is 0 Å². The fraction of sp³-hybridized carbons (Fsp3) is 0.769. The first-order valence-corrected chi connectivity index (χ1v) is 6.88. The highest BCUT2D eigenvalue weighted by molar-refractivity contribution is 5.79. The minimum Gasteiger partial charge on any atom is -0.481 e. The zero-order valence-corrected chi connectivity index (χ0v) is 11.6. The number of methoxy groups -OCH3 is 1. The van der Waals surface area contributed by atoms with E-state index in [9.17, 15) is 14.4 Å². The van der Waals surface area contributed by atoms with Crippen LogP contribution in [0.2, 0.25) is 0 Å². The Kier molecular flexibility index (Phi) is 4.46. The van der Waals surface area contributed by atoms with E-state index in [4.69, 9.17) is 9.84 Å². The van der Waals surface area contributed by atoms with Gasteiger partial charge in [-0.15, -0.1) is 0 Å². The van der Waals surface area contributed by atoms with Crippen LogP contribution in [0.25, 0.3) is 0 Å². The predicted molar refractivity (Wildman–Crippen MR) is 69.1 cm³/mol. The molecular weight excluding hydrogens is 264 g/mol. The zero-order chi connectivity index (χ0) is 14.7. The summed E-state index contributed by atoms with van der Waals surface area (Å²) < 4.78 is 4.69. The van der Waals surface area contributed by atoms with Gasteiger partial charge in [-0.2, -0.15) is 0 Å². The number of carboxylic acids is 1. The second-order valence-corrected chi connectivity index (χ2v) is 5.32. The normalized spacial score (nSPS) is 25.9. The van der Waals surface area contributed by atoms with Crippen LogP contribution >= 0.6 is 0 Å². The molecule has 0 radical (unpaired) electrons. The van der Waals surface area contributed by atoms with Gasteiger partial charge >= 0.3 is 18.0 Å². The Labute approximate surface area is 117 Å². The Morgan fingerprint density at radius 3 is 2.65 bits per heavy atom. The topological polar surface area (TPSA) is 87.2 Å². The van der Waals surface area contributed by atoms with Crippen molar-refractivity contribution in [2.45, 2.75) is 31.7 Å². The highest BCUT2D eigenvalue weighted by Gasteiger charge is 2.37. The Hall–Kier alpha value is -1.79. The number of amides is 2. The number of carboxylic acid groups (broad SMARTS) is 1. The van der Waals surface area contributed by atoms with E-state index < -0.39 is 5.97 Å². The second-order valence-electron chi connectivity index (χ2n) is 5.32. The Bertz CT molecular complexity index is 412. The molecule has 20 heavy (non-hydrogen) atoms. The van der Waals surface area contributed by atoms with Crippen LogP contribution in [-0.2, 0) is 14.3 Å². The van der Waals surface area contributed by atoms with Gasteiger partial charge in [0.05, 0.1) is 19.4 Å². The molecule has 2 heterocycles. The fourth-order valence-corrected chi connectivity index (χ4v) is 2.98. The third kappa shape index (κ3) is 3.02. The first-order chi connectivity index (χ1) is 9.52. The number of likely N-dealkylation sites (tertiary alicyclic amines) is 2. The maximum atomic E-state index is 12.4. The first-order valence-electron chi connectivity index (χ1n) is 6.88. The lowest BCUT2D eigenvalue weighted by molar-refractivity contribution is -0.144. The SMILES string of the molecule is COC(=O)C1CCN(C(=O)N2CCCC2CC(=O)O)C1. The van der Waals surface area contributed by atoms with Crippen LogP contribution in [0.15, 0.2) is 0 Å². The van der Waals surface area contributed by atoms with Gasteiger partial charge in [-0.05, 0) is 19.3 Å². The summed E-state index contributed by atoms with van der Waals surface area (Å²) in [6.07, 6.45) is 2.15. The van der Waals surface area contributed by atoms with Crippen molar-refractivity contribution in [3.63, 3.8) is 0 Å². The van der Waals surface area contributed by atoms with Gasteiger partial charge in [-0.1, -0.05) is 0 Å². The van der Waals surface area contributed by atoms with E-state index in [1.807, 2.05) is 0 Å². The molecule has 2 fully saturated rings. The molecule has 2 unspecified atom stereocenters. The Morgan fingerprint density at radius 1 is 1.25 bits per heavy atom. The molecule has 0 saturated carbocycles. The monoisotopic (exact) mass is 284 g/mol. The van der Waals surface area contributed by atoms with Crippen molar-refractivity contribution in [3.8, 4) is 0 Å². The molecule has 0 spiro atoms. The summed E-state index contributed by atoms with van der Waals surface area (Å²) in [6.45, 7) is 1.48. The summed E-state index contributed by atoms with van der Waals surface area (Å²) in [5.74, 6) is -1.43. The van der Waals surface area contributed by atoms with E-state index in [1.165, 1.54) is 7.11 Å². The number of urea groups is 1. The number of esters is 1. The number of ether oxygens (including phenoxy) is 1. The van der Waals surface area contributed by atoms with Gasteiger partial charge in [0.15, 0.2) is 0 Å². The third-order valence-electron chi connectivity index (χ3n) is 4.03. The summed E-state index contributed by atoms with van der Waals surface area (Å²) in [5.41, 5.74) is 0. The lowest BCUT2D eigenvalue weighted by Gasteiger charge is -2.28. The number of hydrogen-bond acceptors (Lipinski definition) is 4. The summed E-state index contributed by atoms with van der Waals surface area (Å²) in [7, 11) is 1.34. The predicted octanol–water partition coefficient (Wildman–Crippen LogP) is 0.540. The lowest BCUT2D eigenvalue weighted by atomic mass is 10.1. The van der Waals surface area contributed by atoms with E-state index in [2.05, 4.69) is 0 Å². The van der Waals surface area contributed by atoms with E-state index >= 15 is 0 Å². The maximum absolute atomic E-state index is 12.4. The highest BCUT2D eigenvalue weighted by Crippen LogP contribution is 2.25. The molecule has 0 aromatic carbocycles. The van der Waals surface area contributed by atoms with Crippen molar-refractivity contribution >= 4 is 18.0 Å². The molecule has 112 valence electrons. The van der Waals surface area contributed by atoms with E-state index in [1.54, 1.807) is 9.80 Å². The number of carbonyl (C=O) groups excluding carboxylic acids is 2. The first kappa shape index (κ1) is 14.6. The van der Waals surface area contributed by atoms with Gasteiger partial charge < -0.3 is 19.6 Å². The number of nitrogens with zero attached hydrogens (tertiary/aromatic N) is 2. The molecule has 7 nitrogen and oxygen atoms in total. The zero-order valence-electron chi connectivity index (χ0n) is 11.6. The third-order valence-corrected chi connectivity index (χ3v) is 4.03. The van der Waals surface area contributed by atoms with E-state index in [0.29, 0.717) is 26.1 Å². The molecule has 2 aliphatic heterocycles. The van der Waals surface area contributed by atoms with Crippen molar-refractivity contribution in [3.05, 3.63) is 0 Å². The van der Waals surface area contributed by atoms with Gasteiger partial charge in [-0.3, -0.25) is 9.59 Å². The van der Waals surface area contributed by atoms with Gasteiger partial charge in [-0.25, -0.2) is 4.79 Å². The second kappa shape index (κ2) is 6.11. The number of carbonyl (C=O) groups is 3. The summed E-state index contributed by atoms with van der Waals surface area (Å²) in [4.78, 5) is 37.9. The average Bonchev–Trinajstić information content (AvgIpc) is 3.05. The van der Waals surface area contributed by atoms with Crippen molar-refractivity contribution < 1.29 is 24.2 Å². The number of aliphatic carboxylic acids is 1. The molecule has 2 aliphatic rings. The molecule has 0 aromatic heterocycles. The van der Waals surface area contributed by atoms with Gasteiger partial charge in [0.25, 0.3) is 0 Å². The van der Waals surface area contributed by atoms with Gasteiger partial charge in [0, 0.05) is 25.7 Å². The summed E-state index contributed by atoms with van der Waals surface area (Å²) >= 11 is 0. The minimum absolute atomic E-state index is 0.0139. The quantitative estimate of drug-likeness (QED) is 0.764. The number of hydrogen-bond donors (Lipinski definition) is 1. The van der Waals surface area contributed by atoms with Crippen LogP contribution in [0.5, 0.6) is 0 Å². The smallest absolute Gasteiger partial charge is 0.320 e. The molecule has 2 atom stereocenters. The van der Waals surface area contributed by atoms with Crippen LogP contribution < -0.4 is 0 Å². The van der Waals surface area contributed by atoms with Crippen LogP contribution in [-0.4, -0.2) is 65.7 Å². The molecule has 7 heteroatoms. The molecule has 0 aromatic rings. The van der Waals surface area contributed by atoms with Crippen LogP contribution in [0.1, 0.15) is 25.7 Å². The summed E-state index contributed by atoms with van der Waals surface area (Å²) in [5, 5.41) is 8.87. The van der Waals surface area contributed by atoms with E-state index in [0.717, 1.165) is 12.8 Å². The highest BCUT2D eigenvalue weighted by atomic mass is 16.5. The standard InChI is InChI=1S/C13H20N2O5/c1-20-12(18)9-4-6-14(8-9)13(19)15-5-2-3-10(15)7-11(16)17/h9-10H,2-8H2,1H3,(H,16,17). The molecule has 2 saturated heterocycles. The molecule has 2 rings (SSSR count). The van der Waals surface area contributed by atoms with Gasteiger partial charge in [0.1, 0.15) is 0 Å². The lowest BCUT2D eigenvalue weighted by Crippen LogP contribution is -2.45. The summed E-state index contributed by atoms with van der Waals surface area (Å²) in [6, 6.07) is -0.377. The largest absolute Gasteiger partial charge is 0.481 e. The molecule has 0 bridgehead atoms. The van der Waals surface area contributed by atoms with Crippen molar-refractivity contribution in [2.24, 2.45) is 5.92 Å². The van der Waals surface area contributed by atoms with Crippen LogP contribution in [0.4, 0.5) is 4.79 Å². The molecular formula is C13H20N2O5. The van der Waals surface area contributed by atoms with Crippen LogP contribution in [0, 0.1) is 5.92 Å². The van der Waals surface area contributed by atoms with Gasteiger partial charge in [0.2, 0.25) is 0 Å². The van der Waals surface area contributed by atoms with Crippen molar-refractivity contribution in [2.75, 3.05) is 26.7 Å². The Balaban J connectivity index is 1.94. The Morgan fingerprint density at radius 2 is 2.00 bits per heavy atom. The minimum atomic E-state index is -0.886. The fourth-order valence-electron chi connectivity index (χ4n) is 2.98. The molecule has 1 N–H and O–H groups in total.